The molecule has 1 aromatic heterocycles. The summed E-state index contributed by atoms with van der Waals surface area (Å²) in [6.07, 6.45) is 4.90. The third-order valence-electron chi connectivity index (χ3n) is 4.35. The van der Waals surface area contributed by atoms with Crippen molar-refractivity contribution in [3.63, 3.8) is 0 Å². The second-order valence-corrected chi connectivity index (χ2v) is 8.40. The first-order chi connectivity index (χ1) is 10.1. The van der Waals surface area contributed by atoms with Crippen molar-refractivity contribution in [3.8, 4) is 0 Å². The average molecular weight is 312 g/mol. The highest BCUT2D eigenvalue weighted by Crippen LogP contribution is 2.38. The van der Waals surface area contributed by atoms with Crippen LogP contribution in [0.4, 0.5) is 0 Å². The lowest BCUT2D eigenvalue weighted by atomic mass is 10.4. The molecule has 8 heteroatoms. The van der Waals surface area contributed by atoms with Gasteiger partial charge in [-0.3, -0.25) is 4.90 Å². The van der Waals surface area contributed by atoms with E-state index in [1.165, 1.54) is 0 Å². The van der Waals surface area contributed by atoms with Gasteiger partial charge < -0.3 is 4.52 Å². The Morgan fingerprint density at radius 2 is 2.05 bits per heavy atom. The fourth-order valence-electron chi connectivity index (χ4n) is 2.75. The summed E-state index contributed by atoms with van der Waals surface area (Å²) in [5.74, 6) is 1.87. The van der Waals surface area contributed by atoms with Gasteiger partial charge in [0.1, 0.15) is 0 Å². The number of hydrogen-bond donors (Lipinski definition) is 1. The van der Waals surface area contributed by atoms with E-state index in [0.717, 1.165) is 38.1 Å². The highest BCUT2D eigenvalue weighted by Gasteiger charge is 2.37. The molecule has 1 N–H and O–H groups in total. The topological polar surface area (TPSA) is 88.3 Å². The summed E-state index contributed by atoms with van der Waals surface area (Å²) in [7, 11) is -3.18. The van der Waals surface area contributed by atoms with Gasteiger partial charge in [0.2, 0.25) is 15.9 Å². The van der Waals surface area contributed by atoms with Crippen molar-refractivity contribution in [2.75, 3.05) is 13.1 Å². The zero-order valence-electron chi connectivity index (χ0n) is 11.9. The molecular weight excluding hydrogens is 292 g/mol. The van der Waals surface area contributed by atoms with Crippen LogP contribution in [0.2, 0.25) is 0 Å². The van der Waals surface area contributed by atoms with E-state index in [1.54, 1.807) is 0 Å². The second-order valence-electron chi connectivity index (χ2n) is 6.41. The summed E-state index contributed by atoms with van der Waals surface area (Å²) >= 11 is 0. The summed E-state index contributed by atoms with van der Waals surface area (Å²) < 4.78 is 32.4. The SMILES string of the molecule is O=S(=O)(NC1CC1)C1CCN(Cc2noc(C3CC3)n2)C1. The summed E-state index contributed by atoms with van der Waals surface area (Å²) in [6.45, 7) is 1.89. The Morgan fingerprint density at radius 3 is 2.76 bits per heavy atom. The predicted octanol–water partition coefficient (Wildman–Crippen LogP) is 0.603. The minimum absolute atomic E-state index is 0.183. The van der Waals surface area contributed by atoms with E-state index >= 15 is 0 Å². The summed E-state index contributed by atoms with van der Waals surface area (Å²) in [5.41, 5.74) is 0. The van der Waals surface area contributed by atoms with Crippen molar-refractivity contribution in [2.45, 2.75) is 55.9 Å². The molecule has 0 spiro atoms. The lowest BCUT2D eigenvalue weighted by Gasteiger charge is -2.14. The molecule has 1 unspecified atom stereocenters. The number of aromatic nitrogens is 2. The fourth-order valence-corrected chi connectivity index (χ4v) is 4.47. The third-order valence-corrected chi connectivity index (χ3v) is 6.28. The van der Waals surface area contributed by atoms with E-state index < -0.39 is 10.0 Å². The fraction of sp³-hybridized carbons (Fsp3) is 0.846. The van der Waals surface area contributed by atoms with Crippen LogP contribution in [0, 0.1) is 0 Å². The smallest absolute Gasteiger partial charge is 0.229 e. The molecule has 0 radical (unpaired) electrons. The zero-order valence-corrected chi connectivity index (χ0v) is 12.7. The Labute approximate surface area is 124 Å². The molecular formula is C13H20N4O3S. The molecule has 4 rings (SSSR count). The Bertz CT molecular complexity index is 621. The van der Waals surface area contributed by atoms with Crippen LogP contribution in [0.25, 0.3) is 0 Å². The molecule has 3 fully saturated rings. The largest absolute Gasteiger partial charge is 0.339 e. The van der Waals surface area contributed by atoms with Crippen molar-refractivity contribution in [1.29, 1.82) is 0 Å². The van der Waals surface area contributed by atoms with E-state index in [0.29, 0.717) is 31.3 Å². The molecule has 3 aliphatic rings. The lowest BCUT2D eigenvalue weighted by Crippen LogP contribution is -2.37. The standard InChI is InChI=1S/C13H20N4O3S/c18-21(19,16-10-3-4-10)11-5-6-17(7-11)8-12-14-13(20-15-12)9-1-2-9/h9-11,16H,1-8H2. The van der Waals surface area contributed by atoms with Crippen molar-refractivity contribution in [1.82, 2.24) is 19.8 Å². The third kappa shape index (κ3) is 3.12. The van der Waals surface area contributed by atoms with Crippen LogP contribution in [-0.2, 0) is 16.6 Å². The van der Waals surface area contributed by atoms with E-state index in [2.05, 4.69) is 19.8 Å². The molecule has 0 amide bonds. The van der Waals surface area contributed by atoms with Crippen molar-refractivity contribution in [3.05, 3.63) is 11.7 Å². The summed E-state index contributed by atoms with van der Waals surface area (Å²) in [6, 6.07) is 0.183. The zero-order chi connectivity index (χ0) is 14.4. The van der Waals surface area contributed by atoms with Gasteiger partial charge in [-0.25, -0.2) is 13.1 Å². The Hall–Kier alpha value is -0.990. The molecule has 0 aromatic carbocycles. The molecule has 116 valence electrons. The second kappa shape index (κ2) is 5.03. The van der Waals surface area contributed by atoms with Crippen LogP contribution in [0.3, 0.4) is 0 Å². The van der Waals surface area contributed by atoms with E-state index in [1.807, 2.05) is 0 Å². The first-order valence-electron chi connectivity index (χ1n) is 7.66. The first-order valence-corrected chi connectivity index (χ1v) is 9.21. The maximum absolute atomic E-state index is 12.2. The first kappa shape index (κ1) is 13.7. The van der Waals surface area contributed by atoms with Crippen LogP contribution in [0.15, 0.2) is 4.52 Å². The average Bonchev–Trinajstić information content (AvgIpc) is 3.35. The number of rotatable bonds is 6. The monoisotopic (exact) mass is 312 g/mol. The van der Waals surface area contributed by atoms with Crippen molar-refractivity contribution >= 4 is 10.0 Å². The number of likely N-dealkylation sites (tertiary alicyclic amines) is 1. The molecule has 0 bridgehead atoms. The van der Waals surface area contributed by atoms with Gasteiger partial charge in [-0.05, 0) is 32.1 Å². The quantitative estimate of drug-likeness (QED) is 0.827. The predicted molar refractivity (Wildman–Crippen MR) is 75.0 cm³/mol. The van der Waals surface area contributed by atoms with Gasteiger partial charge in [0.15, 0.2) is 5.82 Å². The molecule has 21 heavy (non-hydrogen) atoms. The summed E-state index contributed by atoms with van der Waals surface area (Å²) in [5, 5.41) is 3.68. The highest BCUT2D eigenvalue weighted by atomic mass is 32.2. The Kier molecular flexibility index (Phi) is 3.27. The van der Waals surface area contributed by atoms with E-state index in [4.69, 9.17) is 4.52 Å². The normalized spacial score (nSPS) is 27.3. The molecule has 1 atom stereocenters. The van der Waals surface area contributed by atoms with Crippen LogP contribution in [0.1, 0.15) is 49.7 Å². The van der Waals surface area contributed by atoms with Crippen molar-refractivity contribution < 1.29 is 12.9 Å². The van der Waals surface area contributed by atoms with Crippen molar-refractivity contribution in [2.24, 2.45) is 0 Å². The Morgan fingerprint density at radius 1 is 1.24 bits per heavy atom. The number of nitrogens with zero attached hydrogens (tertiary/aromatic N) is 3. The van der Waals surface area contributed by atoms with Gasteiger partial charge in [0.05, 0.1) is 11.8 Å². The van der Waals surface area contributed by atoms with Gasteiger partial charge in [-0.15, -0.1) is 0 Å². The number of nitrogens with one attached hydrogen (secondary N) is 1. The molecule has 1 saturated heterocycles. The highest BCUT2D eigenvalue weighted by molar-refractivity contribution is 7.90. The van der Waals surface area contributed by atoms with Gasteiger partial charge in [-0.2, -0.15) is 4.98 Å². The maximum atomic E-state index is 12.2. The molecule has 1 aliphatic heterocycles. The van der Waals surface area contributed by atoms with Crippen LogP contribution in [0.5, 0.6) is 0 Å². The van der Waals surface area contributed by atoms with E-state index in [9.17, 15) is 8.42 Å². The van der Waals surface area contributed by atoms with Crippen LogP contribution >= 0.6 is 0 Å². The minimum Gasteiger partial charge on any atom is -0.339 e. The molecule has 7 nitrogen and oxygen atoms in total. The molecule has 2 heterocycles. The van der Waals surface area contributed by atoms with E-state index in [-0.39, 0.29) is 11.3 Å². The molecule has 2 saturated carbocycles. The van der Waals surface area contributed by atoms with Crippen LogP contribution < -0.4 is 4.72 Å². The minimum atomic E-state index is -3.18. The van der Waals surface area contributed by atoms with Gasteiger partial charge in [0.25, 0.3) is 0 Å². The molecule has 2 aliphatic carbocycles. The number of hydrogen-bond acceptors (Lipinski definition) is 6. The van der Waals surface area contributed by atoms with Gasteiger partial charge >= 0.3 is 0 Å². The maximum Gasteiger partial charge on any atom is 0.229 e. The lowest BCUT2D eigenvalue weighted by molar-refractivity contribution is 0.309. The van der Waals surface area contributed by atoms with Gasteiger partial charge in [-0.1, -0.05) is 5.16 Å². The number of sulfonamides is 1. The summed E-state index contributed by atoms with van der Waals surface area (Å²) in [4.78, 5) is 6.49. The Balaban J connectivity index is 1.34. The molecule has 1 aromatic rings. The van der Waals surface area contributed by atoms with Gasteiger partial charge in [0, 0.05) is 25.0 Å². The van der Waals surface area contributed by atoms with Crippen LogP contribution in [-0.4, -0.2) is 47.8 Å².